The number of nitrogens with zero attached hydrogens (tertiary/aromatic N) is 2. The van der Waals surface area contributed by atoms with E-state index in [0.29, 0.717) is 23.3 Å². The van der Waals surface area contributed by atoms with Crippen LogP contribution < -0.4 is 15.4 Å². The molecule has 0 unspecified atom stereocenters. The molecule has 3 N–H and O–H groups in total. The average Bonchev–Trinajstić information content (AvgIpc) is 3.19. The highest BCUT2D eigenvalue weighted by molar-refractivity contribution is 7.17. The molecule has 4 aromatic rings. The van der Waals surface area contributed by atoms with Gasteiger partial charge in [-0.3, -0.25) is 4.79 Å². The first-order chi connectivity index (χ1) is 14.1. The smallest absolute Gasteiger partial charge is 0.247 e. The molecule has 2 heterocycles. The van der Waals surface area contributed by atoms with Gasteiger partial charge in [-0.25, -0.2) is 4.98 Å². The van der Waals surface area contributed by atoms with Gasteiger partial charge in [-0.2, -0.15) is 4.98 Å². The highest BCUT2D eigenvalue weighted by Crippen LogP contribution is 2.33. The molecule has 2 aromatic carbocycles. The number of carbonyl (C=O) groups is 1. The zero-order valence-electron chi connectivity index (χ0n) is 15.1. The Labute approximate surface area is 170 Å². The predicted octanol–water partition coefficient (Wildman–Crippen LogP) is 5.06. The maximum atomic E-state index is 11.5. The molecule has 0 aliphatic rings. The van der Waals surface area contributed by atoms with Crippen molar-refractivity contribution in [3.63, 3.8) is 0 Å². The fourth-order valence-electron chi connectivity index (χ4n) is 2.58. The zero-order chi connectivity index (χ0) is 20.2. The van der Waals surface area contributed by atoms with Crippen molar-refractivity contribution in [2.45, 2.75) is 0 Å². The third kappa shape index (κ3) is 4.33. The second-order valence-electron chi connectivity index (χ2n) is 5.98. The largest absolute Gasteiger partial charge is 0.508 e. The van der Waals surface area contributed by atoms with Crippen LogP contribution in [0, 0.1) is 0 Å². The number of hydrogen-bond donors (Lipinski definition) is 3. The SMILES string of the molecule is C=CC(=O)Nc1cccc(Oc2nc(Nc3ccc(O)cc3)nc3ccsc23)c1. The Balaban J connectivity index is 1.64. The Kier molecular flexibility index (Phi) is 5.08. The van der Waals surface area contributed by atoms with Gasteiger partial charge in [0.15, 0.2) is 0 Å². The number of anilines is 3. The van der Waals surface area contributed by atoms with E-state index in [2.05, 4.69) is 27.2 Å². The summed E-state index contributed by atoms with van der Waals surface area (Å²) in [6.07, 6.45) is 1.20. The van der Waals surface area contributed by atoms with Crippen LogP contribution in [0.3, 0.4) is 0 Å². The summed E-state index contributed by atoms with van der Waals surface area (Å²) in [7, 11) is 0. The molecular formula is C21H16N4O3S. The lowest BCUT2D eigenvalue weighted by molar-refractivity contribution is -0.111. The quantitative estimate of drug-likeness (QED) is 0.307. The van der Waals surface area contributed by atoms with Gasteiger partial charge in [0.25, 0.3) is 0 Å². The van der Waals surface area contributed by atoms with Crippen molar-refractivity contribution in [2.24, 2.45) is 0 Å². The van der Waals surface area contributed by atoms with E-state index in [-0.39, 0.29) is 11.7 Å². The summed E-state index contributed by atoms with van der Waals surface area (Å²) in [4.78, 5) is 20.5. The summed E-state index contributed by atoms with van der Waals surface area (Å²) in [5.41, 5.74) is 2.07. The molecule has 0 bridgehead atoms. The first-order valence-corrected chi connectivity index (χ1v) is 9.51. The van der Waals surface area contributed by atoms with Gasteiger partial charge >= 0.3 is 0 Å². The molecule has 4 rings (SSSR count). The zero-order valence-corrected chi connectivity index (χ0v) is 15.9. The van der Waals surface area contributed by atoms with E-state index >= 15 is 0 Å². The van der Waals surface area contributed by atoms with E-state index in [1.807, 2.05) is 11.4 Å². The number of hydrogen-bond acceptors (Lipinski definition) is 7. The van der Waals surface area contributed by atoms with Crippen LogP contribution in [-0.2, 0) is 4.79 Å². The van der Waals surface area contributed by atoms with Crippen molar-refractivity contribution in [1.82, 2.24) is 9.97 Å². The van der Waals surface area contributed by atoms with Crippen molar-refractivity contribution >= 4 is 44.8 Å². The van der Waals surface area contributed by atoms with Crippen molar-refractivity contribution in [3.8, 4) is 17.4 Å². The number of rotatable bonds is 6. The number of amides is 1. The molecule has 0 saturated heterocycles. The first kappa shape index (κ1) is 18.5. The standard InChI is InChI=1S/C21H16N4O3S/c1-2-18(27)22-14-4-3-5-16(12-14)28-20-19-17(10-11-29-19)24-21(25-20)23-13-6-8-15(26)9-7-13/h2-12,26H,1H2,(H,22,27)(H,23,24,25). The highest BCUT2D eigenvalue weighted by atomic mass is 32.1. The number of phenols is 1. The second-order valence-corrected chi connectivity index (χ2v) is 6.90. The van der Waals surface area contributed by atoms with Gasteiger partial charge in [-0.05, 0) is 53.9 Å². The maximum absolute atomic E-state index is 11.5. The van der Waals surface area contributed by atoms with Gasteiger partial charge in [0.1, 0.15) is 16.2 Å². The number of aromatic hydroxyl groups is 1. The maximum Gasteiger partial charge on any atom is 0.247 e. The van der Waals surface area contributed by atoms with Crippen LogP contribution in [0.1, 0.15) is 0 Å². The number of nitrogens with one attached hydrogen (secondary N) is 2. The van der Waals surface area contributed by atoms with Crippen LogP contribution in [0.5, 0.6) is 17.4 Å². The number of benzene rings is 2. The van der Waals surface area contributed by atoms with Crippen molar-refractivity contribution in [1.29, 1.82) is 0 Å². The fraction of sp³-hybridized carbons (Fsp3) is 0. The van der Waals surface area contributed by atoms with Gasteiger partial charge < -0.3 is 20.5 Å². The highest BCUT2D eigenvalue weighted by Gasteiger charge is 2.12. The summed E-state index contributed by atoms with van der Waals surface area (Å²) < 4.78 is 6.81. The minimum absolute atomic E-state index is 0.178. The molecule has 0 spiro atoms. The Morgan fingerprint density at radius 2 is 1.93 bits per heavy atom. The van der Waals surface area contributed by atoms with Crippen molar-refractivity contribution in [3.05, 3.63) is 72.6 Å². The van der Waals surface area contributed by atoms with Gasteiger partial charge in [-0.1, -0.05) is 12.6 Å². The lowest BCUT2D eigenvalue weighted by Crippen LogP contribution is -2.07. The summed E-state index contributed by atoms with van der Waals surface area (Å²) in [5, 5.41) is 17.1. The lowest BCUT2D eigenvalue weighted by atomic mass is 10.3. The van der Waals surface area contributed by atoms with Crippen LogP contribution in [0.4, 0.5) is 17.3 Å². The molecule has 1 amide bonds. The van der Waals surface area contributed by atoms with Gasteiger partial charge in [0.05, 0.1) is 5.52 Å². The molecule has 2 aromatic heterocycles. The molecule has 29 heavy (non-hydrogen) atoms. The van der Waals surface area contributed by atoms with E-state index in [1.54, 1.807) is 48.5 Å². The number of thiophene rings is 1. The molecule has 7 nitrogen and oxygen atoms in total. The molecule has 0 radical (unpaired) electrons. The summed E-state index contributed by atoms with van der Waals surface area (Å²) in [5.74, 6) is 1.17. The number of fused-ring (bicyclic) bond motifs is 1. The minimum atomic E-state index is -0.301. The second kappa shape index (κ2) is 7.99. The van der Waals surface area contributed by atoms with Crippen LogP contribution in [0.25, 0.3) is 10.2 Å². The first-order valence-electron chi connectivity index (χ1n) is 8.63. The Bertz CT molecular complexity index is 1190. The van der Waals surface area contributed by atoms with E-state index in [4.69, 9.17) is 4.74 Å². The van der Waals surface area contributed by atoms with Crippen molar-refractivity contribution in [2.75, 3.05) is 10.6 Å². The third-order valence-corrected chi connectivity index (χ3v) is 4.79. The molecule has 0 aliphatic heterocycles. The van der Waals surface area contributed by atoms with Crippen LogP contribution in [-0.4, -0.2) is 21.0 Å². The van der Waals surface area contributed by atoms with Crippen molar-refractivity contribution < 1.29 is 14.6 Å². The molecule has 0 fully saturated rings. The van der Waals surface area contributed by atoms with Crippen LogP contribution in [0.15, 0.2) is 72.6 Å². The van der Waals surface area contributed by atoms with Gasteiger partial charge in [-0.15, -0.1) is 11.3 Å². The van der Waals surface area contributed by atoms with E-state index in [9.17, 15) is 9.90 Å². The van der Waals surface area contributed by atoms with E-state index in [0.717, 1.165) is 15.9 Å². The van der Waals surface area contributed by atoms with Crippen LogP contribution >= 0.6 is 11.3 Å². The van der Waals surface area contributed by atoms with E-state index in [1.165, 1.54) is 17.4 Å². The molecule has 0 aliphatic carbocycles. The molecule has 144 valence electrons. The monoisotopic (exact) mass is 404 g/mol. The lowest BCUT2D eigenvalue weighted by Gasteiger charge is -2.10. The fourth-order valence-corrected chi connectivity index (χ4v) is 3.33. The minimum Gasteiger partial charge on any atom is -0.508 e. The number of ether oxygens (including phenoxy) is 1. The van der Waals surface area contributed by atoms with Gasteiger partial charge in [0.2, 0.25) is 17.7 Å². The van der Waals surface area contributed by atoms with Gasteiger partial charge in [0, 0.05) is 17.4 Å². The number of aromatic nitrogens is 2. The molecule has 0 saturated carbocycles. The third-order valence-electron chi connectivity index (χ3n) is 3.90. The molecule has 8 heteroatoms. The average molecular weight is 404 g/mol. The topological polar surface area (TPSA) is 96.4 Å². The summed E-state index contributed by atoms with van der Waals surface area (Å²) >= 11 is 1.47. The summed E-state index contributed by atoms with van der Waals surface area (Å²) in [6, 6.07) is 15.5. The normalized spacial score (nSPS) is 10.5. The number of carbonyl (C=O) groups excluding carboxylic acids is 1. The van der Waals surface area contributed by atoms with E-state index < -0.39 is 0 Å². The Hall–Kier alpha value is -3.91. The molecular weight excluding hydrogens is 388 g/mol. The molecule has 0 atom stereocenters. The Morgan fingerprint density at radius 1 is 1.10 bits per heavy atom. The predicted molar refractivity (Wildman–Crippen MR) is 114 cm³/mol. The number of phenolic OH excluding ortho intramolecular Hbond substituents is 1. The van der Waals surface area contributed by atoms with Crippen LogP contribution in [0.2, 0.25) is 0 Å². The summed E-state index contributed by atoms with van der Waals surface area (Å²) in [6.45, 7) is 3.44. The Morgan fingerprint density at radius 3 is 2.72 bits per heavy atom.